The minimum absolute atomic E-state index is 0.0505. The van der Waals surface area contributed by atoms with Gasteiger partial charge in [0.15, 0.2) is 6.29 Å². The Morgan fingerprint density at radius 1 is 0.735 bits per heavy atom. The van der Waals surface area contributed by atoms with Crippen LogP contribution < -0.4 is 0 Å². The summed E-state index contributed by atoms with van der Waals surface area (Å²) in [4.78, 5) is 0. The molecule has 0 bridgehead atoms. The maximum atomic E-state index is 10.8. The van der Waals surface area contributed by atoms with Gasteiger partial charge in [-0.25, -0.2) is 0 Å². The van der Waals surface area contributed by atoms with E-state index >= 15 is 0 Å². The zero-order valence-electron chi connectivity index (χ0n) is 19.4. The Morgan fingerprint density at radius 2 is 1.35 bits per heavy atom. The predicted molar refractivity (Wildman–Crippen MR) is 115 cm³/mol. The molecule has 11 nitrogen and oxygen atoms in total. The van der Waals surface area contributed by atoms with Gasteiger partial charge in [-0.3, -0.25) is 0 Å². The Bertz CT molecular complexity index is 643. The molecule has 3 saturated carbocycles. The summed E-state index contributed by atoms with van der Waals surface area (Å²) in [5.41, 5.74) is 0. The molecule has 198 valence electrons. The van der Waals surface area contributed by atoms with E-state index in [9.17, 15) is 40.9 Å². The second-order valence-electron chi connectivity index (χ2n) is 10.7. The van der Waals surface area contributed by atoms with Crippen LogP contribution in [-0.2, 0) is 14.2 Å². The number of rotatable bonds is 5. The number of aliphatic hydroxyl groups excluding tert-OH is 8. The summed E-state index contributed by atoms with van der Waals surface area (Å²) in [5, 5.41) is 82.5. The van der Waals surface area contributed by atoms with Crippen molar-refractivity contribution in [2.24, 2.45) is 17.8 Å². The Kier molecular flexibility index (Phi) is 8.53. The van der Waals surface area contributed by atoms with Crippen LogP contribution >= 0.6 is 0 Å². The molecule has 0 aromatic heterocycles. The minimum Gasteiger partial charge on any atom is -0.393 e. The van der Waals surface area contributed by atoms with Gasteiger partial charge in [0.2, 0.25) is 0 Å². The van der Waals surface area contributed by atoms with Gasteiger partial charge in [-0.1, -0.05) is 0 Å². The van der Waals surface area contributed by atoms with Gasteiger partial charge in [-0.05, 0) is 50.9 Å². The Hall–Kier alpha value is -0.440. The maximum Gasteiger partial charge on any atom is 0.158 e. The standard InChI is InChI=1S/C23H40O11/c1-32-22-16(28)2-9(3-17(22)29)21-19(8-12-13(25)6-11(24)7-18(12)33-21)34-23(31)10-4-14(26)20(30)15(27)5-10/h9-31H,2-8H2,1H3/t9?,10?,11-,12+,13-,14-,15-,16-,17+,18+,19?,20?,21+,22?,23-/m0/s1. The fourth-order valence-corrected chi connectivity index (χ4v) is 6.54. The van der Waals surface area contributed by atoms with E-state index in [4.69, 9.17) is 14.2 Å². The first-order valence-corrected chi connectivity index (χ1v) is 12.4. The molecule has 8 N–H and O–H groups in total. The zero-order chi connectivity index (χ0) is 24.7. The zero-order valence-corrected chi connectivity index (χ0v) is 19.4. The van der Waals surface area contributed by atoms with Gasteiger partial charge in [0.1, 0.15) is 12.2 Å². The summed E-state index contributed by atoms with van der Waals surface area (Å²) < 4.78 is 17.6. The second kappa shape index (κ2) is 10.9. The highest BCUT2D eigenvalue weighted by Gasteiger charge is 2.51. The van der Waals surface area contributed by atoms with E-state index in [-0.39, 0.29) is 43.9 Å². The van der Waals surface area contributed by atoms with E-state index in [1.54, 1.807) is 0 Å². The summed E-state index contributed by atoms with van der Waals surface area (Å²) in [6, 6.07) is 0. The van der Waals surface area contributed by atoms with Crippen molar-refractivity contribution in [3.63, 3.8) is 0 Å². The van der Waals surface area contributed by atoms with Gasteiger partial charge < -0.3 is 55.1 Å². The molecular weight excluding hydrogens is 452 g/mol. The monoisotopic (exact) mass is 492 g/mol. The molecule has 1 heterocycles. The molecule has 0 radical (unpaired) electrons. The molecule has 0 aromatic carbocycles. The minimum atomic E-state index is -1.36. The largest absolute Gasteiger partial charge is 0.393 e. The van der Waals surface area contributed by atoms with Crippen LogP contribution in [-0.4, -0.2) is 121 Å². The Labute approximate surface area is 198 Å². The number of fused-ring (bicyclic) bond motifs is 1. The summed E-state index contributed by atoms with van der Waals surface area (Å²) >= 11 is 0. The molecule has 0 aromatic rings. The third-order valence-electron chi connectivity index (χ3n) is 8.37. The van der Waals surface area contributed by atoms with Crippen molar-refractivity contribution in [1.82, 2.24) is 0 Å². The van der Waals surface area contributed by atoms with Crippen LogP contribution in [0.5, 0.6) is 0 Å². The lowest BCUT2D eigenvalue weighted by molar-refractivity contribution is -0.274. The number of aliphatic hydroxyl groups is 8. The van der Waals surface area contributed by atoms with Crippen LogP contribution in [0.4, 0.5) is 0 Å². The van der Waals surface area contributed by atoms with Crippen LogP contribution in [0.1, 0.15) is 44.9 Å². The van der Waals surface area contributed by atoms with Crippen LogP contribution in [0.3, 0.4) is 0 Å². The highest BCUT2D eigenvalue weighted by Crippen LogP contribution is 2.43. The quantitative estimate of drug-likeness (QED) is 0.191. The topological polar surface area (TPSA) is 190 Å². The molecule has 4 fully saturated rings. The molecule has 4 rings (SSSR count). The molecule has 34 heavy (non-hydrogen) atoms. The number of methoxy groups -OCH3 is 1. The Balaban J connectivity index is 1.51. The first-order chi connectivity index (χ1) is 16.1. The van der Waals surface area contributed by atoms with Gasteiger partial charge in [0.25, 0.3) is 0 Å². The summed E-state index contributed by atoms with van der Waals surface area (Å²) in [6.45, 7) is 0. The lowest BCUT2D eigenvalue weighted by Crippen LogP contribution is -2.58. The highest BCUT2D eigenvalue weighted by atomic mass is 16.6. The normalized spacial score (nSPS) is 53.2. The average molecular weight is 493 g/mol. The first-order valence-electron chi connectivity index (χ1n) is 12.4. The first kappa shape index (κ1) is 26.6. The molecular formula is C23H40O11. The van der Waals surface area contributed by atoms with E-state index in [1.165, 1.54) is 7.11 Å². The van der Waals surface area contributed by atoms with Gasteiger partial charge in [0, 0.05) is 18.9 Å². The van der Waals surface area contributed by atoms with E-state index in [1.807, 2.05) is 0 Å². The maximum absolute atomic E-state index is 10.8. The summed E-state index contributed by atoms with van der Waals surface area (Å²) in [6.07, 6.45) is -9.22. The molecule has 3 aliphatic carbocycles. The van der Waals surface area contributed by atoms with Crippen molar-refractivity contribution in [3.05, 3.63) is 0 Å². The van der Waals surface area contributed by atoms with Crippen molar-refractivity contribution >= 4 is 0 Å². The van der Waals surface area contributed by atoms with Crippen LogP contribution in [0.25, 0.3) is 0 Å². The number of hydrogen-bond acceptors (Lipinski definition) is 11. The van der Waals surface area contributed by atoms with Crippen molar-refractivity contribution in [2.45, 2.75) is 118 Å². The Morgan fingerprint density at radius 3 is 1.94 bits per heavy atom. The lowest BCUT2D eigenvalue weighted by atomic mass is 9.72. The SMILES string of the molecule is COC1[C@H](O)CC([C@H]2O[C@@H]3C[C@@H](O)C[C@H](O)[C@H]3CC2O[C@H](O)C2C[C@H](O)C(O)[C@@H](O)C2)C[C@@H]1O. The van der Waals surface area contributed by atoms with E-state index in [0.717, 1.165) is 0 Å². The fourth-order valence-electron chi connectivity index (χ4n) is 6.54. The van der Waals surface area contributed by atoms with Crippen molar-refractivity contribution < 1.29 is 55.1 Å². The van der Waals surface area contributed by atoms with Crippen LogP contribution in [0, 0.1) is 17.8 Å². The molecule has 11 heteroatoms. The summed E-state index contributed by atoms with van der Waals surface area (Å²) in [5.74, 6) is -1.26. The summed E-state index contributed by atoms with van der Waals surface area (Å²) in [7, 11) is 1.43. The second-order valence-corrected chi connectivity index (χ2v) is 10.7. The van der Waals surface area contributed by atoms with Crippen molar-refractivity contribution in [3.8, 4) is 0 Å². The van der Waals surface area contributed by atoms with Gasteiger partial charge in [-0.15, -0.1) is 0 Å². The fraction of sp³-hybridized carbons (Fsp3) is 1.00. The van der Waals surface area contributed by atoms with E-state index in [2.05, 4.69) is 0 Å². The third kappa shape index (κ3) is 5.45. The molecule has 0 amide bonds. The van der Waals surface area contributed by atoms with Gasteiger partial charge in [-0.2, -0.15) is 0 Å². The van der Waals surface area contributed by atoms with Gasteiger partial charge >= 0.3 is 0 Å². The van der Waals surface area contributed by atoms with E-state index < -0.39 is 79.4 Å². The molecule has 1 saturated heterocycles. The molecule has 1 aliphatic heterocycles. The molecule has 3 unspecified atom stereocenters. The number of ether oxygens (including phenoxy) is 3. The smallest absolute Gasteiger partial charge is 0.158 e. The van der Waals surface area contributed by atoms with Crippen LogP contribution in [0.2, 0.25) is 0 Å². The molecule has 0 spiro atoms. The van der Waals surface area contributed by atoms with E-state index in [0.29, 0.717) is 12.8 Å². The average Bonchev–Trinajstić information content (AvgIpc) is 2.76. The van der Waals surface area contributed by atoms with Crippen LogP contribution in [0.15, 0.2) is 0 Å². The highest BCUT2D eigenvalue weighted by molar-refractivity contribution is 4.99. The number of hydrogen-bond donors (Lipinski definition) is 8. The molecule has 13 atom stereocenters. The molecule has 4 aliphatic rings. The lowest BCUT2D eigenvalue weighted by Gasteiger charge is -2.51. The van der Waals surface area contributed by atoms with Gasteiger partial charge in [0.05, 0.1) is 54.9 Å². The predicted octanol–water partition coefficient (Wildman–Crippen LogP) is -2.38. The van der Waals surface area contributed by atoms with Crippen molar-refractivity contribution in [1.29, 1.82) is 0 Å². The third-order valence-corrected chi connectivity index (χ3v) is 8.37. The van der Waals surface area contributed by atoms with Crippen molar-refractivity contribution in [2.75, 3.05) is 7.11 Å².